The Morgan fingerprint density at radius 3 is 2.62 bits per heavy atom. The first-order chi connectivity index (χ1) is 16.5. The highest BCUT2D eigenvalue weighted by atomic mass is 32.2. The van der Waals surface area contributed by atoms with Gasteiger partial charge in [-0.2, -0.15) is 5.10 Å². The molecule has 2 aromatic heterocycles. The molecule has 5 rings (SSSR count). The highest BCUT2D eigenvalue weighted by Crippen LogP contribution is 2.24. The van der Waals surface area contributed by atoms with Crippen LogP contribution in [-0.4, -0.2) is 25.2 Å². The van der Waals surface area contributed by atoms with Gasteiger partial charge >= 0.3 is 0 Å². The lowest BCUT2D eigenvalue weighted by Crippen LogP contribution is -2.22. The molecule has 0 aliphatic heterocycles. The molecule has 0 radical (unpaired) electrons. The topological polar surface area (TPSA) is 82.9 Å². The third kappa shape index (κ3) is 4.61. The fraction of sp³-hybridized carbons (Fsp3) is 0.115. The van der Waals surface area contributed by atoms with Crippen molar-refractivity contribution in [2.45, 2.75) is 30.2 Å². The lowest BCUT2D eigenvalue weighted by atomic mass is 10.2. The lowest BCUT2D eigenvalue weighted by molar-refractivity contribution is 0.0951. The van der Waals surface area contributed by atoms with Crippen LogP contribution in [0.1, 0.15) is 27.3 Å². The molecule has 0 fully saturated rings. The highest BCUT2D eigenvalue weighted by molar-refractivity contribution is 7.91. The van der Waals surface area contributed by atoms with Crippen molar-refractivity contribution in [2.75, 3.05) is 0 Å². The standard InChI is InChI=1S/C26H22N4O2S2/c1-17-12-18(2)30(29-17)21-4-3-5-23(14-21)34(32)22-9-6-19(7-10-22)15-27-26(31)20-8-11-24-25(13-20)33-16-28-24/h3-14,16H,15H2,1-2H3,(H,27,31). The average Bonchev–Trinajstić information content (AvgIpc) is 3.47. The van der Waals surface area contributed by atoms with E-state index in [1.807, 2.05) is 85.3 Å². The third-order valence-electron chi connectivity index (χ3n) is 5.47. The second-order valence-corrected chi connectivity index (χ2v) is 10.3. The predicted octanol–water partition coefficient (Wildman–Crippen LogP) is 5.20. The molecule has 8 heteroatoms. The largest absolute Gasteiger partial charge is 0.606 e. The maximum atomic E-state index is 13.2. The number of benzene rings is 3. The number of nitrogens with zero attached hydrogens (tertiary/aromatic N) is 3. The summed E-state index contributed by atoms with van der Waals surface area (Å²) < 4.78 is 16.0. The minimum absolute atomic E-state index is 0.135. The number of carbonyl (C=O) groups excluding carboxylic acids is 1. The van der Waals surface area contributed by atoms with E-state index in [1.165, 1.54) is 11.3 Å². The summed E-state index contributed by atoms with van der Waals surface area (Å²) in [6.45, 7) is 4.34. The zero-order chi connectivity index (χ0) is 23.7. The Balaban J connectivity index is 1.26. The quantitative estimate of drug-likeness (QED) is 0.335. The maximum Gasteiger partial charge on any atom is 0.251 e. The number of hydrogen-bond acceptors (Lipinski definition) is 5. The van der Waals surface area contributed by atoms with Gasteiger partial charge in [0.1, 0.15) is 0 Å². The predicted molar refractivity (Wildman–Crippen MR) is 135 cm³/mol. The molecule has 0 bridgehead atoms. The number of nitrogens with one attached hydrogen (secondary N) is 1. The number of aryl methyl sites for hydroxylation is 2. The van der Waals surface area contributed by atoms with Gasteiger partial charge in [-0.05, 0) is 67.9 Å². The van der Waals surface area contributed by atoms with Crippen LogP contribution < -0.4 is 5.32 Å². The van der Waals surface area contributed by atoms with Crippen LogP contribution in [0.5, 0.6) is 0 Å². The Labute approximate surface area is 204 Å². The summed E-state index contributed by atoms with van der Waals surface area (Å²) in [4.78, 5) is 18.2. The number of amides is 1. The third-order valence-corrected chi connectivity index (χ3v) is 7.64. The van der Waals surface area contributed by atoms with Crippen molar-refractivity contribution in [1.29, 1.82) is 0 Å². The van der Waals surface area contributed by atoms with Gasteiger partial charge in [-0.25, -0.2) is 9.67 Å². The molecule has 0 aliphatic carbocycles. The van der Waals surface area contributed by atoms with Gasteiger partial charge in [-0.1, -0.05) is 18.2 Å². The van der Waals surface area contributed by atoms with Crippen molar-refractivity contribution in [1.82, 2.24) is 20.1 Å². The summed E-state index contributed by atoms with van der Waals surface area (Å²) in [5.41, 5.74) is 7.06. The molecule has 6 nitrogen and oxygen atoms in total. The molecule has 0 saturated carbocycles. The van der Waals surface area contributed by atoms with E-state index >= 15 is 0 Å². The minimum atomic E-state index is -1.32. The lowest BCUT2D eigenvalue weighted by Gasteiger charge is -2.12. The van der Waals surface area contributed by atoms with E-state index in [9.17, 15) is 9.35 Å². The van der Waals surface area contributed by atoms with Crippen molar-refractivity contribution in [3.8, 4) is 5.69 Å². The zero-order valence-electron chi connectivity index (χ0n) is 18.7. The number of hydrogen-bond donors (Lipinski definition) is 1. The van der Waals surface area contributed by atoms with E-state index in [1.54, 1.807) is 11.6 Å². The molecule has 0 aliphatic rings. The van der Waals surface area contributed by atoms with E-state index < -0.39 is 11.2 Å². The first kappa shape index (κ1) is 22.3. The van der Waals surface area contributed by atoms with Gasteiger partial charge in [0, 0.05) is 35.0 Å². The van der Waals surface area contributed by atoms with E-state index in [0.717, 1.165) is 32.9 Å². The smallest absolute Gasteiger partial charge is 0.251 e. The number of aromatic nitrogens is 3. The van der Waals surface area contributed by atoms with E-state index in [4.69, 9.17) is 0 Å². The number of carbonyl (C=O) groups is 1. The molecule has 2 heterocycles. The maximum absolute atomic E-state index is 13.2. The molecule has 5 aromatic rings. The minimum Gasteiger partial charge on any atom is -0.606 e. The van der Waals surface area contributed by atoms with Crippen LogP contribution in [0.25, 0.3) is 15.9 Å². The van der Waals surface area contributed by atoms with Crippen molar-refractivity contribution < 1.29 is 9.35 Å². The van der Waals surface area contributed by atoms with Crippen LogP contribution in [0.3, 0.4) is 0 Å². The van der Waals surface area contributed by atoms with E-state index in [-0.39, 0.29) is 5.91 Å². The van der Waals surface area contributed by atoms with Gasteiger partial charge < -0.3 is 9.87 Å². The molecule has 0 saturated heterocycles. The molecule has 0 spiro atoms. The summed E-state index contributed by atoms with van der Waals surface area (Å²) in [6, 6.07) is 22.6. The molecule has 3 aromatic carbocycles. The van der Waals surface area contributed by atoms with Crippen LogP contribution in [0.2, 0.25) is 0 Å². The van der Waals surface area contributed by atoms with E-state index in [2.05, 4.69) is 15.4 Å². The van der Waals surface area contributed by atoms with Crippen molar-refractivity contribution in [3.05, 3.63) is 101 Å². The Morgan fingerprint density at radius 1 is 1.03 bits per heavy atom. The zero-order valence-corrected chi connectivity index (χ0v) is 20.3. The average molecular weight is 487 g/mol. The summed E-state index contributed by atoms with van der Waals surface area (Å²) >= 11 is 0.188. The second kappa shape index (κ2) is 9.42. The Bertz CT molecular complexity index is 1470. The van der Waals surface area contributed by atoms with Gasteiger partial charge in [0.25, 0.3) is 5.91 Å². The van der Waals surface area contributed by atoms with Crippen molar-refractivity contribution in [2.24, 2.45) is 0 Å². The fourth-order valence-corrected chi connectivity index (χ4v) is 5.57. The second-order valence-electron chi connectivity index (χ2n) is 7.97. The molecule has 1 N–H and O–H groups in total. The molecular weight excluding hydrogens is 464 g/mol. The fourth-order valence-electron chi connectivity index (χ4n) is 3.77. The Hall–Kier alpha value is -3.46. The molecule has 1 amide bonds. The van der Waals surface area contributed by atoms with E-state index in [0.29, 0.717) is 21.9 Å². The highest BCUT2D eigenvalue weighted by Gasteiger charge is 2.17. The van der Waals surface area contributed by atoms with Gasteiger partial charge in [0.05, 0.1) is 27.1 Å². The SMILES string of the molecule is Cc1cc(C)n(-c2cccc([S+]([O-])c3ccc(CNC(=O)c4ccc5ncsc5c4)cc3)c2)n1. The van der Waals surface area contributed by atoms with Gasteiger partial charge in [0.2, 0.25) is 0 Å². The normalized spacial score (nSPS) is 12.1. The summed E-state index contributed by atoms with van der Waals surface area (Å²) in [5.74, 6) is -0.135. The monoisotopic (exact) mass is 486 g/mol. The first-order valence-electron chi connectivity index (χ1n) is 10.7. The van der Waals surface area contributed by atoms with Crippen LogP contribution in [0.15, 0.2) is 88.1 Å². The number of rotatable bonds is 6. The van der Waals surface area contributed by atoms with Crippen molar-refractivity contribution >= 4 is 38.6 Å². The van der Waals surface area contributed by atoms with Crippen LogP contribution in [0.4, 0.5) is 0 Å². The molecular formula is C26H22N4O2S2. The Morgan fingerprint density at radius 2 is 1.85 bits per heavy atom. The number of thiazole rings is 1. The Kier molecular flexibility index (Phi) is 6.19. The summed E-state index contributed by atoms with van der Waals surface area (Å²) in [7, 11) is 0. The summed E-state index contributed by atoms with van der Waals surface area (Å²) in [5, 5.41) is 7.46. The molecule has 1 atom stereocenters. The van der Waals surface area contributed by atoms with Crippen LogP contribution >= 0.6 is 11.3 Å². The van der Waals surface area contributed by atoms with Gasteiger partial charge in [-0.3, -0.25) is 4.79 Å². The number of fused-ring (bicyclic) bond motifs is 1. The first-order valence-corrected chi connectivity index (χ1v) is 12.8. The van der Waals surface area contributed by atoms with Gasteiger partial charge in [0.15, 0.2) is 9.79 Å². The van der Waals surface area contributed by atoms with Crippen molar-refractivity contribution in [3.63, 3.8) is 0 Å². The molecule has 34 heavy (non-hydrogen) atoms. The van der Waals surface area contributed by atoms with Crippen LogP contribution in [0, 0.1) is 13.8 Å². The molecule has 1 unspecified atom stereocenters. The van der Waals surface area contributed by atoms with Crippen LogP contribution in [-0.2, 0) is 17.7 Å². The summed E-state index contributed by atoms with van der Waals surface area (Å²) in [6.07, 6.45) is 0. The molecule has 170 valence electrons. The van der Waals surface area contributed by atoms with Gasteiger partial charge in [-0.15, -0.1) is 11.3 Å².